The van der Waals surface area contributed by atoms with E-state index in [2.05, 4.69) is 16.0 Å². The second kappa shape index (κ2) is 7.47. The molecule has 21 heavy (non-hydrogen) atoms. The number of benzene rings is 1. The summed E-state index contributed by atoms with van der Waals surface area (Å²) in [7, 11) is 0. The van der Waals surface area contributed by atoms with E-state index >= 15 is 0 Å². The molecule has 1 atom stereocenters. The van der Waals surface area contributed by atoms with E-state index in [9.17, 15) is 9.59 Å². The van der Waals surface area contributed by atoms with Crippen LogP contribution in [-0.4, -0.2) is 41.9 Å². The Morgan fingerprint density at radius 3 is 2.86 bits per heavy atom. The van der Waals surface area contributed by atoms with Crippen LogP contribution in [0, 0.1) is 0 Å². The van der Waals surface area contributed by atoms with Crippen molar-refractivity contribution in [3.05, 3.63) is 29.8 Å². The van der Waals surface area contributed by atoms with E-state index in [0.29, 0.717) is 11.3 Å². The molecule has 0 radical (unpaired) electrons. The number of rotatable bonds is 4. The Hall–Kier alpha value is -1.53. The van der Waals surface area contributed by atoms with Crippen LogP contribution in [0.15, 0.2) is 24.3 Å². The van der Waals surface area contributed by atoms with Crippen LogP contribution < -0.4 is 16.0 Å². The normalized spacial score (nSPS) is 18.3. The minimum Gasteiger partial charge on any atom is -0.350 e. The lowest BCUT2D eigenvalue weighted by Crippen LogP contribution is -2.46. The van der Waals surface area contributed by atoms with Gasteiger partial charge in [-0.05, 0) is 32.0 Å². The van der Waals surface area contributed by atoms with Crippen LogP contribution in [0.4, 0.5) is 5.69 Å². The van der Waals surface area contributed by atoms with Gasteiger partial charge < -0.3 is 16.0 Å². The van der Waals surface area contributed by atoms with Crippen molar-refractivity contribution in [2.75, 3.05) is 23.4 Å². The summed E-state index contributed by atoms with van der Waals surface area (Å²) < 4.78 is 0. The van der Waals surface area contributed by atoms with Crippen LogP contribution in [0.25, 0.3) is 0 Å². The first kappa shape index (κ1) is 15.9. The summed E-state index contributed by atoms with van der Waals surface area (Å²) in [5.74, 6) is 1.63. The average molecular weight is 307 g/mol. The third kappa shape index (κ3) is 4.75. The number of carbonyl (C=O) groups excluding carboxylic acids is 2. The molecule has 0 bridgehead atoms. The number of anilines is 1. The van der Waals surface area contributed by atoms with Crippen molar-refractivity contribution in [2.45, 2.75) is 25.9 Å². The van der Waals surface area contributed by atoms with E-state index < -0.39 is 0 Å². The van der Waals surface area contributed by atoms with Crippen molar-refractivity contribution in [2.24, 2.45) is 0 Å². The largest absolute Gasteiger partial charge is 0.350 e. The molecule has 1 heterocycles. The SMILES string of the molecule is CC(C)NC(=O)c1cccc(NC(=O)C2CSCCN2)c1. The lowest BCUT2D eigenvalue weighted by molar-refractivity contribution is -0.117. The van der Waals surface area contributed by atoms with Crippen molar-refractivity contribution in [3.63, 3.8) is 0 Å². The summed E-state index contributed by atoms with van der Waals surface area (Å²) in [6.45, 7) is 4.67. The average Bonchev–Trinajstić information content (AvgIpc) is 2.47. The van der Waals surface area contributed by atoms with Crippen LogP contribution in [0.2, 0.25) is 0 Å². The lowest BCUT2D eigenvalue weighted by atomic mass is 10.1. The summed E-state index contributed by atoms with van der Waals surface area (Å²) in [6.07, 6.45) is 0. The predicted molar refractivity (Wildman–Crippen MR) is 86.8 cm³/mol. The molecule has 3 N–H and O–H groups in total. The lowest BCUT2D eigenvalue weighted by Gasteiger charge is -2.22. The molecule has 114 valence electrons. The van der Waals surface area contributed by atoms with Gasteiger partial charge in [0.15, 0.2) is 0 Å². The fourth-order valence-electron chi connectivity index (χ4n) is 2.05. The molecule has 2 amide bonds. The number of amides is 2. The van der Waals surface area contributed by atoms with Crippen LogP contribution >= 0.6 is 11.8 Å². The van der Waals surface area contributed by atoms with Gasteiger partial charge in [-0.3, -0.25) is 9.59 Å². The molecule has 6 heteroatoms. The molecule has 1 aromatic rings. The molecule has 0 saturated carbocycles. The van der Waals surface area contributed by atoms with Gasteiger partial charge in [-0.15, -0.1) is 0 Å². The van der Waals surface area contributed by atoms with Gasteiger partial charge >= 0.3 is 0 Å². The Morgan fingerprint density at radius 2 is 2.19 bits per heavy atom. The smallest absolute Gasteiger partial charge is 0.251 e. The molecule has 5 nitrogen and oxygen atoms in total. The minimum absolute atomic E-state index is 0.0522. The topological polar surface area (TPSA) is 70.2 Å². The molecular weight excluding hydrogens is 286 g/mol. The van der Waals surface area contributed by atoms with Crippen LogP contribution in [-0.2, 0) is 4.79 Å². The highest BCUT2D eigenvalue weighted by Gasteiger charge is 2.21. The summed E-state index contributed by atoms with van der Waals surface area (Å²) in [6, 6.07) is 6.91. The molecule has 1 aliphatic rings. The molecule has 0 spiro atoms. The summed E-state index contributed by atoms with van der Waals surface area (Å²) in [5, 5.41) is 8.89. The van der Waals surface area contributed by atoms with Crippen molar-refractivity contribution >= 4 is 29.3 Å². The van der Waals surface area contributed by atoms with E-state index in [0.717, 1.165) is 18.1 Å². The van der Waals surface area contributed by atoms with Gasteiger partial charge in [-0.25, -0.2) is 0 Å². The summed E-state index contributed by atoms with van der Waals surface area (Å²) >= 11 is 1.77. The summed E-state index contributed by atoms with van der Waals surface area (Å²) in [5.41, 5.74) is 1.20. The first-order chi connectivity index (χ1) is 10.1. The molecular formula is C15H21N3O2S. The first-order valence-corrected chi connectivity index (χ1v) is 8.24. The van der Waals surface area contributed by atoms with Crippen LogP contribution in [0.3, 0.4) is 0 Å². The number of hydrogen-bond donors (Lipinski definition) is 3. The minimum atomic E-state index is -0.170. The fourth-order valence-corrected chi connectivity index (χ4v) is 2.98. The zero-order valence-corrected chi connectivity index (χ0v) is 13.1. The standard InChI is InChI=1S/C15H21N3O2S/c1-10(2)17-14(19)11-4-3-5-12(8-11)18-15(20)13-9-21-7-6-16-13/h3-5,8,10,13,16H,6-7,9H2,1-2H3,(H,17,19)(H,18,20). The third-order valence-electron chi connectivity index (χ3n) is 3.05. The molecule has 1 saturated heterocycles. The number of carbonyl (C=O) groups is 2. The number of thioether (sulfide) groups is 1. The van der Waals surface area contributed by atoms with E-state index in [4.69, 9.17) is 0 Å². The predicted octanol–water partition coefficient (Wildman–Crippen LogP) is 1.47. The molecule has 1 fully saturated rings. The van der Waals surface area contributed by atoms with E-state index in [1.54, 1.807) is 36.0 Å². The molecule has 0 aliphatic carbocycles. The Kier molecular flexibility index (Phi) is 5.64. The van der Waals surface area contributed by atoms with Gasteiger partial charge in [0.25, 0.3) is 5.91 Å². The number of hydrogen-bond acceptors (Lipinski definition) is 4. The first-order valence-electron chi connectivity index (χ1n) is 7.09. The summed E-state index contributed by atoms with van der Waals surface area (Å²) in [4.78, 5) is 24.1. The third-order valence-corrected chi connectivity index (χ3v) is 4.11. The molecule has 1 aromatic carbocycles. The second-order valence-corrected chi connectivity index (χ2v) is 6.43. The highest BCUT2D eigenvalue weighted by Crippen LogP contribution is 2.13. The molecule has 2 rings (SSSR count). The Balaban J connectivity index is 2.00. The van der Waals surface area contributed by atoms with Gasteiger partial charge in [0, 0.05) is 35.3 Å². The maximum absolute atomic E-state index is 12.1. The molecule has 0 aromatic heterocycles. The quantitative estimate of drug-likeness (QED) is 0.788. The van der Waals surface area contributed by atoms with Crippen LogP contribution in [0.5, 0.6) is 0 Å². The zero-order chi connectivity index (χ0) is 15.2. The van der Waals surface area contributed by atoms with Gasteiger partial charge in [0.05, 0.1) is 6.04 Å². The maximum Gasteiger partial charge on any atom is 0.251 e. The number of nitrogens with one attached hydrogen (secondary N) is 3. The highest BCUT2D eigenvalue weighted by atomic mass is 32.2. The maximum atomic E-state index is 12.1. The fraction of sp³-hybridized carbons (Fsp3) is 0.467. The van der Waals surface area contributed by atoms with Crippen molar-refractivity contribution in [3.8, 4) is 0 Å². The van der Waals surface area contributed by atoms with Gasteiger partial charge in [-0.2, -0.15) is 11.8 Å². The molecule has 1 unspecified atom stereocenters. The van der Waals surface area contributed by atoms with E-state index in [-0.39, 0.29) is 23.9 Å². The van der Waals surface area contributed by atoms with Crippen molar-refractivity contribution < 1.29 is 9.59 Å². The Bertz CT molecular complexity index is 513. The monoisotopic (exact) mass is 307 g/mol. The van der Waals surface area contributed by atoms with Crippen molar-refractivity contribution in [1.82, 2.24) is 10.6 Å². The van der Waals surface area contributed by atoms with Gasteiger partial charge in [0.2, 0.25) is 5.91 Å². The molecule has 1 aliphatic heterocycles. The zero-order valence-electron chi connectivity index (χ0n) is 12.3. The van der Waals surface area contributed by atoms with E-state index in [1.165, 1.54) is 0 Å². The second-order valence-electron chi connectivity index (χ2n) is 5.28. The van der Waals surface area contributed by atoms with Gasteiger partial charge in [0.1, 0.15) is 0 Å². The highest BCUT2D eigenvalue weighted by molar-refractivity contribution is 7.99. The Morgan fingerprint density at radius 1 is 1.38 bits per heavy atom. The van der Waals surface area contributed by atoms with E-state index in [1.807, 2.05) is 13.8 Å². The van der Waals surface area contributed by atoms with Gasteiger partial charge in [-0.1, -0.05) is 6.07 Å². The van der Waals surface area contributed by atoms with Crippen LogP contribution in [0.1, 0.15) is 24.2 Å². The Labute approximate surface area is 129 Å². The van der Waals surface area contributed by atoms with Crippen molar-refractivity contribution in [1.29, 1.82) is 0 Å².